The number of amides is 2. The quantitative estimate of drug-likeness (QED) is 0.172. The third-order valence-corrected chi connectivity index (χ3v) is 8.62. The molecular formula is C40H39N3O2. The van der Waals surface area contributed by atoms with Crippen molar-refractivity contribution in [1.29, 1.82) is 0 Å². The van der Waals surface area contributed by atoms with E-state index in [0.29, 0.717) is 29.3 Å². The van der Waals surface area contributed by atoms with Crippen LogP contribution in [0.4, 0.5) is 11.4 Å². The zero-order valence-electron chi connectivity index (χ0n) is 25.5. The fourth-order valence-electron chi connectivity index (χ4n) is 6.11. The SMILES string of the molecule is O=C(Nc1ccc(N2CCC(Cc3ccccc3)CC2)c(C(=O)NCCc2ccccc2)c1)c1ccc(-c2ccccc2)cc1. The second kappa shape index (κ2) is 14.5. The minimum atomic E-state index is -0.209. The van der Waals surface area contributed by atoms with Gasteiger partial charge < -0.3 is 15.5 Å². The summed E-state index contributed by atoms with van der Waals surface area (Å²) in [4.78, 5) is 29.2. The molecule has 0 unspecified atom stereocenters. The van der Waals surface area contributed by atoms with Crippen LogP contribution >= 0.6 is 0 Å². The van der Waals surface area contributed by atoms with Gasteiger partial charge in [0.05, 0.1) is 5.56 Å². The number of hydrogen-bond donors (Lipinski definition) is 2. The molecule has 5 nitrogen and oxygen atoms in total. The van der Waals surface area contributed by atoms with Crippen LogP contribution < -0.4 is 15.5 Å². The van der Waals surface area contributed by atoms with Crippen molar-refractivity contribution in [2.24, 2.45) is 5.92 Å². The van der Waals surface area contributed by atoms with Crippen molar-refractivity contribution in [3.63, 3.8) is 0 Å². The lowest BCUT2D eigenvalue weighted by Crippen LogP contribution is -2.36. The highest BCUT2D eigenvalue weighted by molar-refractivity contribution is 6.06. The second-order valence-corrected chi connectivity index (χ2v) is 11.7. The van der Waals surface area contributed by atoms with Crippen molar-refractivity contribution >= 4 is 23.2 Å². The van der Waals surface area contributed by atoms with Gasteiger partial charge in [0, 0.05) is 36.6 Å². The summed E-state index contributed by atoms with van der Waals surface area (Å²) in [5.74, 6) is 0.286. The normalized spacial score (nSPS) is 13.3. The van der Waals surface area contributed by atoms with Crippen LogP contribution in [0.5, 0.6) is 0 Å². The van der Waals surface area contributed by atoms with Crippen LogP contribution in [0.2, 0.25) is 0 Å². The molecule has 226 valence electrons. The molecule has 0 bridgehead atoms. The molecule has 45 heavy (non-hydrogen) atoms. The summed E-state index contributed by atoms with van der Waals surface area (Å²) in [6, 6.07) is 44.2. The van der Waals surface area contributed by atoms with Crippen LogP contribution in [-0.2, 0) is 12.8 Å². The second-order valence-electron chi connectivity index (χ2n) is 11.7. The lowest BCUT2D eigenvalue weighted by molar-refractivity contribution is 0.0953. The molecule has 1 aliphatic rings. The number of piperidine rings is 1. The number of carbonyl (C=O) groups is 2. The van der Waals surface area contributed by atoms with E-state index in [1.54, 1.807) is 0 Å². The van der Waals surface area contributed by atoms with Crippen LogP contribution in [-0.4, -0.2) is 31.4 Å². The minimum absolute atomic E-state index is 0.129. The Morgan fingerprint density at radius 2 is 1.24 bits per heavy atom. The maximum absolute atomic E-state index is 13.6. The largest absolute Gasteiger partial charge is 0.371 e. The fourth-order valence-corrected chi connectivity index (χ4v) is 6.11. The number of anilines is 2. The molecule has 5 aromatic carbocycles. The van der Waals surface area contributed by atoms with Crippen molar-refractivity contribution < 1.29 is 9.59 Å². The molecule has 5 heteroatoms. The summed E-state index contributed by atoms with van der Waals surface area (Å²) >= 11 is 0. The topological polar surface area (TPSA) is 61.4 Å². The standard InChI is InChI=1S/C40H39N3O2/c44-39(35-18-16-34(17-19-35)33-14-8-3-9-15-33)42-36-20-21-38(37(29-36)40(45)41-25-22-30-10-4-1-5-11-30)43-26-23-32(24-27-43)28-31-12-6-2-7-13-31/h1-21,29,32H,22-28H2,(H,41,45)(H,42,44). The molecule has 0 radical (unpaired) electrons. The lowest BCUT2D eigenvalue weighted by Gasteiger charge is -2.35. The Balaban J connectivity index is 1.16. The number of benzene rings is 5. The molecule has 1 aliphatic heterocycles. The first-order valence-corrected chi connectivity index (χ1v) is 15.8. The Labute approximate surface area is 265 Å². The molecule has 2 amide bonds. The molecular weight excluding hydrogens is 554 g/mol. The maximum atomic E-state index is 13.6. The number of nitrogens with zero attached hydrogens (tertiary/aromatic N) is 1. The van der Waals surface area contributed by atoms with Gasteiger partial charge in [0.25, 0.3) is 11.8 Å². The maximum Gasteiger partial charge on any atom is 0.255 e. The molecule has 1 fully saturated rings. The van der Waals surface area contributed by atoms with Gasteiger partial charge >= 0.3 is 0 Å². The Kier molecular flexibility index (Phi) is 9.66. The van der Waals surface area contributed by atoms with Crippen LogP contribution in [0.3, 0.4) is 0 Å². The number of nitrogens with one attached hydrogen (secondary N) is 2. The van der Waals surface area contributed by atoms with E-state index in [9.17, 15) is 9.59 Å². The summed E-state index contributed by atoms with van der Waals surface area (Å²) in [7, 11) is 0. The van der Waals surface area contributed by atoms with E-state index in [1.807, 2.05) is 78.9 Å². The van der Waals surface area contributed by atoms with Gasteiger partial charge in [-0.05, 0) is 84.2 Å². The number of rotatable bonds is 10. The van der Waals surface area contributed by atoms with Gasteiger partial charge in [-0.2, -0.15) is 0 Å². The van der Waals surface area contributed by atoms with E-state index < -0.39 is 0 Å². The van der Waals surface area contributed by atoms with Crippen molar-refractivity contribution in [1.82, 2.24) is 5.32 Å². The molecule has 0 spiro atoms. The van der Waals surface area contributed by atoms with Gasteiger partial charge in [0.15, 0.2) is 0 Å². The van der Waals surface area contributed by atoms with Gasteiger partial charge in [-0.25, -0.2) is 0 Å². The summed E-state index contributed by atoms with van der Waals surface area (Å²) in [5.41, 5.74) is 7.38. The van der Waals surface area contributed by atoms with Crippen LogP contribution in [0, 0.1) is 5.92 Å². The first kappa shape index (κ1) is 29.9. The molecule has 1 heterocycles. The van der Waals surface area contributed by atoms with Crippen LogP contribution in [0.1, 0.15) is 44.7 Å². The van der Waals surface area contributed by atoms with E-state index in [1.165, 1.54) is 11.1 Å². The third-order valence-electron chi connectivity index (χ3n) is 8.62. The van der Waals surface area contributed by atoms with Crippen molar-refractivity contribution in [3.05, 3.63) is 156 Å². The highest BCUT2D eigenvalue weighted by atomic mass is 16.2. The summed E-state index contributed by atoms with van der Waals surface area (Å²) in [6.45, 7) is 2.31. The summed E-state index contributed by atoms with van der Waals surface area (Å²) in [5, 5.41) is 6.15. The number of carbonyl (C=O) groups excluding carboxylic acids is 2. The van der Waals surface area contributed by atoms with E-state index >= 15 is 0 Å². The monoisotopic (exact) mass is 593 g/mol. The smallest absolute Gasteiger partial charge is 0.255 e. The Hall–Kier alpha value is -5.16. The van der Waals surface area contributed by atoms with Gasteiger partial charge in [0.2, 0.25) is 0 Å². The highest BCUT2D eigenvalue weighted by Gasteiger charge is 2.24. The average molecular weight is 594 g/mol. The number of hydrogen-bond acceptors (Lipinski definition) is 3. The van der Waals surface area contributed by atoms with E-state index in [4.69, 9.17) is 0 Å². The van der Waals surface area contributed by atoms with Gasteiger partial charge in [0.1, 0.15) is 0 Å². The fraction of sp³-hybridized carbons (Fsp3) is 0.200. The molecule has 6 rings (SSSR count). The van der Waals surface area contributed by atoms with E-state index in [-0.39, 0.29) is 11.8 Å². The van der Waals surface area contributed by atoms with Crippen molar-refractivity contribution in [3.8, 4) is 11.1 Å². The van der Waals surface area contributed by atoms with Crippen molar-refractivity contribution in [2.75, 3.05) is 29.9 Å². The highest BCUT2D eigenvalue weighted by Crippen LogP contribution is 2.30. The molecule has 0 saturated carbocycles. The molecule has 0 atom stereocenters. The van der Waals surface area contributed by atoms with Gasteiger partial charge in [-0.3, -0.25) is 9.59 Å². The summed E-state index contributed by atoms with van der Waals surface area (Å²) in [6.07, 6.45) is 3.98. The lowest BCUT2D eigenvalue weighted by atomic mass is 9.89. The molecule has 2 N–H and O–H groups in total. The predicted octanol–water partition coefficient (Wildman–Crippen LogP) is 8.04. The zero-order chi connectivity index (χ0) is 30.8. The molecule has 5 aromatic rings. The molecule has 0 aliphatic carbocycles. The predicted molar refractivity (Wildman–Crippen MR) is 184 cm³/mol. The summed E-state index contributed by atoms with van der Waals surface area (Å²) < 4.78 is 0. The van der Waals surface area contributed by atoms with Crippen LogP contribution in [0.15, 0.2) is 133 Å². The third kappa shape index (κ3) is 7.87. The zero-order valence-corrected chi connectivity index (χ0v) is 25.5. The van der Waals surface area contributed by atoms with E-state index in [2.05, 4.69) is 70.1 Å². The molecule has 0 aromatic heterocycles. The average Bonchev–Trinajstić information content (AvgIpc) is 3.10. The molecule has 1 saturated heterocycles. The van der Waals surface area contributed by atoms with E-state index in [0.717, 1.165) is 55.6 Å². The Bertz CT molecular complexity index is 1700. The van der Waals surface area contributed by atoms with Gasteiger partial charge in [-0.1, -0.05) is 103 Å². The van der Waals surface area contributed by atoms with Crippen LogP contribution in [0.25, 0.3) is 11.1 Å². The minimum Gasteiger partial charge on any atom is -0.371 e. The first-order chi connectivity index (χ1) is 22.1. The van der Waals surface area contributed by atoms with Crippen molar-refractivity contribution in [2.45, 2.75) is 25.7 Å². The Morgan fingerprint density at radius 1 is 0.644 bits per heavy atom. The Morgan fingerprint density at radius 3 is 1.91 bits per heavy atom. The van der Waals surface area contributed by atoms with Gasteiger partial charge in [-0.15, -0.1) is 0 Å². The first-order valence-electron chi connectivity index (χ1n) is 15.8.